The van der Waals surface area contributed by atoms with Crippen LogP contribution >= 0.6 is 0 Å². The van der Waals surface area contributed by atoms with E-state index in [0.717, 1.165) is 35.6 Å². The number of hydrogen-bond acceptors (Lipinski definition) is 3. The second-order valence-corrected chi connectivity index (χ2v) is 5.67. The predicted octanol–water partition coefficient (Wildman–Crippen LogP) is 1.68. The SMILES string of the molecule is CN(C)c1ccc(C(=O)N2CCc3ncn(C)c3C2)cc1. The van der Waals surface area contributed by atoms with Crippen LogP contribution in [0.5, 0.6) is 0 Å². The number of carbonyl (C=O) groups excluding carboxylic acids is 1. The minimum absolute atomic E-state index is 0.0900. The molecule has 0 N–H and O–H groups in total. The molecule has 110 valence electrons. The van der Waals surface area contributed by atoms with Crippen molar-refractivity contribution in [3.63, 3.8) is 0 Å². The van der Waals surface area contributed by atoms with E-state index in [4.69, 9.17) is 0 Å². The highest BCUT2D eigenvalue weighted by Gasteiger charge is 2.24. The molecule has 0 bridgehead atoms. The van der Waals surface area contributed by atoms with Crippen LogP contribution in [0.1, 0.15) is 21.7 Å². The van der Waals surface area contributed by atoms with Gasteiger partial charge in [-0.15, -0.1) is 0 Å². The molecule has 1 aliphatic heterocycles. The van der Waals surface area contributed by atoms with Gasteiger partial charge in [-0.25, -0.2) is 4.98 Å². The monoisotopic (exact) mass is 284 g/mol. The van der Waals surface area contributed by atoms with Crippen LogP contribution < -0.4 is 4.90 Å². The lowest BCUT2D eigenvalue weighted by atomic mass is 10.1. The second kappa shape index (κ2) is 5.24. The van der Waals surface area contributed by atoms with Gasteiger partial charge in [0.25, 0.3) is 5.91 Å². The Hall–Kier alpha value is -2.30. The van der Waals surface area contributed by atoms with E-state index in [1.54, 1.807) is 0 Å². The third kappa shape index (κ3) is 2.51. The summed E-state index contributed by atoms with van der Waals surface area (Å²) in [5.41, 5.74) is 4.09. The number of rotatable bonds is 2. The first-order chi connectivity index (χ1) is 10.1. The maximum absolute atomic E-state index is 12.6. The molecule has 3 rings (SSSR count). The summed E-state index contributed by atoms with van der Waals surface area (Å²) in [6, 6.07) is 7.76. The lowest BCUT2D eigenvalue weighted by molar-refractivity contribution is 0.0730. The summed E-state index contributed by atoms with van der Waals surface area (Å²) in [6.07, 6.45) is 2.65. The first-order valence-corrected chi connectivity index (χ1v) is 7.12. The van der Waals surface area contributed by atoms with Gasteiger partial charge in [0.1, 0.15) is 0 Å². The van der Waals surface area contributed by atoms with Crippen molar-refractivity contribution in [2.24, 2.45) is 7.05 Å². The Labute approximate surface area is 124 Å². The molecule has 1 aromatic heterocycles. The third-order valence-electron chi connectivity index (χ3n) is 4.02. The molecule has 0 spiro atoms. The van der Waals surface area contributed by atoms with Gasteiger partial charge in [0.05, 0.1) is 24.3 Å². The van der Waals surface area contributed by atoms with Crippen molar-refractivity contribution in [2.75, 3.05) is 25.5 Å². The number of aryl methyl sites for hydroxylation is 1. The van der Waals surface area contributed by atoms with Crippen LogP contribution in [0.4, 0.5) is 5.69 Å². The highest BCUT2D eigenvalue weighted by Crippen LogP contribution is 2.20. The first-order valence-electron chi connectivity index (χ1n) is 7.12. The number of nitrogens with zero attached hydrogens (tertiary/aromatic N) is 4. The maximum Gasteiger partial charge on any atom is 0.254 e. The zero-order chi connectivity index (χ0) is 15.0. The number of hydrogen-bond donors (Lipinski definition) is 0. The van der Waals surface area contributed by atoms with E-state index in [1.165, 1.54) is 0 Å². The minimum Gasteiger partial charge on any atom is -0.378 e. The topological polar surface area (TPSA) is 41.4 Å². The summed E-state index contributed by atoms with van der Waals surface area (Å²) >= 11 is 0. The van der Waals surface area contributed by atoms with Crippen molar-refractivity contribution in [1.29, 1.82) is 0 Å². The molecule has 0 radical (unpaired) electrons. The van der Waals surface area contributed by atoms with E-state index in [1.807, 2.05) is 66.1 Å². The lowest BCUT2D eigenvalue weighted by Gasteiger charge is -2.27. The largest absolute Gasteiger partial charge is 0.378 e. The summed E-state index contributed by atoms with van der Waals surface area (Å²) in [5.74, 6) is 0.0900. The highest BCUT2D eigenvalue weighted by atomic mass is 16.2. The van der Waals surface area contributed by atoms with E-state index in [0.29, 0.717) is 6.54 Å². The van der Waals surface area contributed by atoms with E-state index < -0.39 is 0 Å². The quantitative estimate of drug-likeness (QED) is 0.842. The standard InChI is InChI=1S/C16H20N4O/c1-18(2)13-6-4-12(5-7-13)16(21)20-9-8-14-15(10-20)19(3)11-17-14/h4-7,11H,8-10H2,1-3H3. The van der Waals surface area contributed by atoms with Gasteiger partial charge < -0.3 is 14.4 Å². The van der Waals surface area contributed by atoms with Crippen molar-refractivity contribution in [3.8, 4) is 0 Å². The molecule has 0 fully saturated rings. The fourth-order valence-electron chi connectivity index (χ4n) is 2.67. The maximum atomic E-state index is 12.6. The lowest BCUT2D eigenvalue weighted by Crippen LogP contribution is -2.36. The third-order valence-corrected chi connectivity index (χ3v) is 4.02. The predicted molar refractivity (Wildman–Crippen MR) is 82.4 cm³/mol. The van der Waals surface area contributed by atoms with Crippen LogP contribution in [0.3, 0.4) is 0 Å². The van der Waals surface area contributed by atoms with Gasteiger partial charge in [0.2, 0.25) is 0 Å². The molecular weight excluding hydrogens is 264 g/mol. The van der Waals surface area contributed by atoms with Gasteiger partial charge in [0, 0.05) is 45.4 Å². The summed E-state index contributed by atoms with van der Waals surface area (Å²) in [7, 11) is 5.96. The molecule has 0 saturated heterocycles. The van der Waals surface area contributed by atoms with Gasteiger partial charge in [-0.3, -0.25) is 4.79 Å². The van der Waals surface area contributed by atoms with E-state index >= 15 is 0 Å². The summed E-state index contributed by atoms with van der Waals surface area (Å²) in [4.78, 5) is 20.9. The Bertz CT molecular complexity index is 657. The van der Waals surface area contributed by atoms with Crippen LogP contribution in [0.2, 0.25) is 0 Å². The van der Waals surface area contributed by atoms with Crippen LogP contribution in [-0.2, 0) is 20.0 Å². The molecule has 1 aromatic carbocycles. The molecule has 5 heteroatoms. The smallest absolute Gasteiger partial charge is 0.254 e. The van der Waals surface area contributed by atoms with Crippen molar-refractivity contribution in [2.45, 2.75) is 13.0 Å². The van der Waals surface area contributed by atoms with Crippen LogP contribution in [0.15, 0.2) is 30.6 Å². The van der Waals surface area contributed by atoms with Crippen molar-refractivity contribution in [3.05, 3.63) is 47.5 Å². The number of benzene rings is 1. The molecular formula is C16H20N4O. The fourth-order valence-corrected chi connectivity index (χ4v) is 2.67. The Balaban J connectivity index is 1.78. The van der Waals surface area contributed by atoms with Gasteiger partial charge in [-0.05, 0) is 24.3 Å². The highest BCUT2D eigenvalue weighted by molar-refractivity contribution is 5.94. The average molecular weight is 284 g/mol. The molecule has 21 heavy (non-hydrogen) atoms. The number of carbonyl (C=O) groups is 1. The van der Waals surface area contributed by atoms with Gasteiger partial charge in [-0.1, -0.05) is 0 Å². The fraction of sp³-hybridized carbons (Fsp3) is 0.375. The van der Waals surface area contributed by atoms with Crippen LogP contribution in [-0.4, -0.2) is 41.0 Å². The first kappa shape index (κ1) is 13.7. The molecule has 0 unspecified atom stereocenters. The Kier molecular flexibility index (Phi) is 3.41. The number of anilines is 1. The Morgan fingerprint density at radius 1 is 1.24 bits per heavy atom. The summed E-state index contributed by atoms with van der Waals surface area (Å²) in [5, 5.41) is 0. The molecule has 1 aliphatic rings. The molecule has 0 atom stereocenters. The number of amides is 1. The number of imidazole rings is 1. The molecule has 5 nitrogen and oxygen atoms in total. The van der Waals surface area contributed by atoms with Crippen molar-refractivity contribution < 1.29 is 4.79 Å². The Morgan fingerprint density at radius 3 is 2.62 bits per heavy atom. The molecule has 1 amide bonds. The second-order valence-electron chi connectivity index (χ2n) is 5.67. The molecule has 0 saturated carbocycles. The van der Waals surface area contributed by atoms with E-state index in [-0.39, 0.29) is 5.91 Å². The minimum atomic E-state index is 0.0900. The zero-order valence-corrected chi connectivity index (χ0v) is 12.7. The van der Waals surface area contributed by atoms with E-state index in [9.17, 15) is 4.79 Å². The van der Waals surface area contributed by atoms with Gasteiger partial charge >= 0.3 is 0 Å². The number of aromatic nitrogens is 2. The van der Waals surface area contributed by atoms with Crippen molar-refractivity contribution >= 4 is 11.6 Å². The molecule has 2 aromatic rings. The van der Waals surface area contributed by atoms with E-state index in [2.05, 4.69) is 4.98 Å². The van der Waals surface area contributed by atoms with Crippen LogP contribution in [0.25, 0.3) is 0 Å². The molecule has 0 aliphatic carbocycles. The van der Waals surface area contributed by atoms with Crippen molar-refractivity contribution in [1.82, 2.24) is 14.5 Å². The Morgan fingerprint density at radius 2 is 1.95 bits per heavy atom. The number of fused-ring (bicyclic) bond motifs is 1. The van der Waals surface area contributed by atoms with Crippen LogP contribution in [0, 0.1) is 0 Å². The average Bonchev–Trinajstić information content (AvgIpc) is 2.87. The summed E-state index contributed by atoms with van der Waals surface area (Å²) in [6.45, 7) is 1.37. The zero-order valence-electron chi connectivity index (χ0n) is 12.7. The molecule has 2 heterocycles. The van der Waals surface area contributed by atoms with Gasteiger partial charge in [-0.2, -0.15) is 0 Å². The van der Waals surface area contributed by atoms with Gasteiger partial charge in [0.15, 0.2) is 0 Å². The summed E-state index contributed by atoms with van der Waals surface area (Å²) < 4.78 is 2.00. The normalized spacial score (nSPS) is 14.0.